The van der Waals surface area contributed by atoms with Crippen LogP contribution in [0.5, 0.6) is 0 Å². The Morgan fingerprint density at radius 2 is 2.00 bits per heavy atom. The molecule has 0 spiro atoms. The largest absolute Gasteiger partial charge is 0.479 e. The van der Waals surface area contributed by atoms with Crippen LogP contribution >= 0.6 is 0 Å². The fourth-order valence-electron chi connectivity index (χ4n) is 0.609. The fraction of sp³-hybridized carbons (Fsp3) is 0.750. The molecule has 0 aromatic carbocycles. The van der Waals surface area contributed by atoms with Crippen molar-refractivity contribution in [3.05, 3.63) is 0 Å². The van der Waals surface area contributed by atoms with Crippen LogP contribution in [0.2, 0.25) is 0 Å². The van der Waals surface area contributed by atoms with E-state index in [2.05, 4.69) is 5.32 Å². The molecule has 0 aliphatic heterocycles. The number of carbonyl (C=O) groups is 2. The lowest BCUT2D eigenvalue weighted by molar-refractivity contribution is -0.146. The second-order valence-electron chi connectivity index (χ2n) is 3.65. The molecule has 0 saturated heterocycles. The number of hydrogen-bond acceptors (Lipinski definition) is 4. The Bertz CT molecular complexity index is 227. The molecular weight excluding hydrogens is 188 g/mol. The summed E-state index contributed by atoms with van der Waals surface area (Å²) in [7, 11) is 0. The van der Waals surface area contributed by atoms with Crippen molar-refractivity contribution < 1.29 is 19.8 Å². The molecule has 0 heterocycles. The quantitative estimate of drug-likeness (QED) is 0.437. The van der Waals surface area contributed by atoms with Crippen molar-refractivity contribution in [1.29, 1.82) is 0 Å². The number of rotatable bonds is 5. The Morgan fingerprint density at radius 3 is 2.36 bits per heavy atom. The number of carboxylic acids is 1. The predicted octanol–water partition coefficient (Wildman–Crippen LogP) is -1.47. The Balaban J connectivity index is 4.03. The number of aliphatic hydroxyl groups is 1. The van der Waals surface area contributed by atoms with Crippen LogP contribution in [0.3, 0.4) is 0 Å². The zero-order valence-corrected chi connectivity index (χ0v) is 8.28. The lowest BCUT2D eigenvalue weighted by Crippen LogP contribution is -2.45. The molecule has 0 aliphatic rings. The van der Waals surface area contributed by atoms with Gasteiger partial charge in [0.1, 0.15) is 0 Å². The van der Waals surface area contributed by atoms with Crippen molar-refractivity contribution in [1.82, 2.24) is 5.32 Å². The molecule has 6 heteroatoms. The third-order valence-corrected chi connectivity index (χ3v) is 1.87. The minimum Gasteiger partial charge on any atom is -0.479 e. The summed E-state index contributed by atoms with van der Waals surface area (Å²) in [6, 6.07) is 0. The second kappa shape index (κ2) is 4.92. The van der Waals surface area contributed by atoms with Gasteiger partial charge in [-0.2, -0.15) is 0 Å². The molecule has 0 bridgehead atoms. The van der Waals surface area contributed by atoms with E-state index < -0.39 is 17.5 Å². The summed E-state index contributed by atoms with van der Waals surface area (Å²) >= 11 is 0. The first kappa shape index (κ1) is 12.9. The first-order chi connectivity index (χ1) is 6.31. The van der Waals surface area contributed by atoms with Crippen LogP contribution < -0.4 is 11.1 Å². The topological polar surface area (TPSA) is 113 Å². The molecule has 0 saturated carbocycles. The monoisotopic (exact) mass is 204 g/mol. The van der Waals surface area contributed by atoms with Gasteiger partial charge in [0.15, 0.2) is 6.10 Å². The molecule has 1 unspecified atom stereocenters. The van der Waals surface area contributed by atoms with Crippen molar-refractivity contribution in [3.8, 4) is 0 Å². The molecule has 5 N–H and O–H groups in total. The molecule has 0 radical (unpaired) electrons. The average molecular weight is 204 g/mol. The van der Waals surface area contributed by atoms with Gasteiger partial charge in [0.05, 0.1) is 12.0 Å². The van der Waals surface area contributed by atoms with Gasteiger partial charge < -0.3 is 21.3 Å². The average Bonchev–Trinajstić information content (AvgIpc) is 2.13. The first-order valence-electron chi connectivity index (χ1n) is 4.20. The van der Waals surface area contributed by atoms with Crippen molar-refractivity contribution >= 4 is 11.9 Å². The van der Waals surface area contributed by atoms with Gasteiger partial charge in [0.2, 0.25) is 5.91 Å². The normalized spacial score (nSPS) is 13.4. The highest BCUT2D eigenvalue weighted by Gasteiger charge is 2.26. The van der Waals surface area contributed by atoms with E-state index in [4.69, 9.17) is 15.9 Å². The zero-order chi connectivity index (χ0) is 11.4. The van der Waals surface area contributed by atoms with Crippen molar-refractivity contribution in [2.24, 2.45) is 11.1 Å². The second-order valence-corrected chi connectivity index (χ2v) is 3.65. The van der Waals surface area contributed by atoms with Crippen LogP contribution in [0.25, 0.3) is 0 Å². The number of nitrogens with one attached hydrogen (secondary N) is 1. The van der Waals surface area contributed by atoms with Crippen LogP contribution in [-0.2, 0) is 9.59 Å². The van der Waals surface area contributed by atoms with Crippen molar-refractivity contribution in [2.45, 2.75) is 20.0 Å². The van der Waals surface area contributed by atoms with Gasteiger partial charge in [-0.15, -0.1) is 0 Å². The van der Waals surface area contributed by atoms with Crippen LogP contribution in [0.15, 0.2) is 0 Å². The van der Waals surface area contributed by atoms with E-state index in [-0.39, 0.29) is 19.0 Å². The number of carbonyl (C=O) groups excluding carboxylic acids is 1. The third-order valence-electron chi connectivity index (χ3n) is 1.87. The molecule has 1 atom stereocenters. The number of amides is 1. The molecule has 82 valence electrons. The zero-order valence-electron chi connectivity index (χ0n) is 8.28. The van der Waals surface area contributed by atoms with Crippen LogP contribution in [0, 0.1) is 5.41 Å². The lowest BCUT2D eigenvalue weighted by atomic mass is 9.93. The van der Waals surface area contributed by atoms with E-state index in [1.54, 1.807) is 13.8 Å². The molecule has 0 rings (SSSR count). The number of nitrogens with two attached hydrogens (primary N) is 1. The number of aliphatic carboxylic acids is 1. The van der Waals surface area contributed by atoms with E-state index in [0.29, 0.717) is 0 Å². The maximum absolute atomic E-state index is 11.3. The molecular formula is C8H16N2O4. The molecule has 0 aromatic heterocycles. The number of carboxylic acid groups (broad SMARTS) is 1. The summed E-state index contributed by atoms with van der Waals surface area (Å²) in [4.78, 5) is 21.5. The van der Waals surface area contributed by atoms with Gasteiger partial charge in [0, 0.05) is 6.54 Å². The highest BCUT2D eigenvalue weighted by Crippen LogP contribution is 2.11. The Hall–Kier alpha value is -1.14. The van der Waals surface area contributed by atoms with Crippen LogP contribution in [0.4, 0.5) is 0 Å². The van der Waals surface area contributed by atoms with E-state index in [0.717, 1.165) is 0 Å². The van der Waals surface area contributed by atoms with Gasteiger partial charge in [-0.1, -0.05) is 0 Å². The molecule has 0 aromatic rings. The standard InChI is InChI=1S/C8H16N2O4/c1-8(2,4-9)7(14)10-3-5(11)6(12)13/h5,11H,3-4,9H2,1-2H3,(H,10,14)(H,12,13). The van der Waals surface area contributed by atoms with E-state index in [1.165, 1.54) is 0 Å². The van der Waals surface area contributed by atoms with Gasteiger partial charge in [0.25, 0.3) is 0 Å². The summed E-state index contributed by atoms with van der Waals surface area (Å²) in [6.07, 6.45) is -1.58. The summed E-state index contributed by atoms with van der Waals surface area (Å²) in [5.74, 6) is -1.74. The van der Waals surface area contributed by atoms with Gasteiger partial charge in [-0.05, 0) is 13.8 Å². The molecule has 1 amide bonds. The third kappa shape index (κ3) is 3.71. The summed E-state index contributed by atoms with van der Waals surface area (Å²) in [5, 5.41) is 19.5. The predicted molar refractivity (Wildman–Crippen MR) is 49.5 cm³/mol. The maximum atomic E-state index is 11.3. The SMILES string of the molecule is CC(C)(CN)C(=O)NCC(O)C(=O)O. The molecule has 0 aliphatic carbocycles. The van der Waals surface area contributed by atoms with E-state index in [9.17, 15) is 9.59 Å². The lowest BCUT2D eigenvalue weighted by Gasteiger charge is -2.21. The summed E-state index contributed by atoms with van der Waals surface area (Å²) in [5.41, 5.74) is 4.58. The summed E-state index contributed by atoms with van der Waals surface area (Å²) < 4.78 is 0. The number of hydrogen-bond donors (Lipinski definition) is 4. The maximum Gasteiger partial charge on any atom is 0.334 e. The first-order valence-corrected chi connectivity index (χ1v) is 4.20. The van der Waals surface area contributed by atoms with Crippen molar-refractivity contribution in [3.63, 3.8) is 0 Å². The van der Waals surface area contributed by atoms with Gasteiger partial charge in [-0.3, -0.25) is 4.79 Å². The number of aliphatic hydroxyl groups excluding tert-OH is 1. The Labute approximate surface area is 82.1 Å². The summed E-state index contributed by atoms with van der Waals surface area (Å²) in [6.45, 7) is 3.12. The van der Waals surface area contributed by atoms with Gasteiger partial charge in [-0.25, -0.2) is 4.79 Å². The molecule has 6 nitrogen and oxygen atoms in total. The van der Waals surface area contributed by atoms with E-state index in [1.807, 2.05) is 0 Å². The fourth-order valence-corrected chi connectivity index (χ4v) is 0.609. The van der Waals surface area contributed by atoms with Crippen LogP contribution in [-0.4, -0.2) is 41.3 Å². The van der Waals surface area contributed by atoms with Crippen LogP contribution in [0.1, 0.15) is 13.8 Å². The minimum absolute atomic E-state index is 0.155. The molecule has 14 heavy (non-hydrogen) atoms. The minimum atomic E-state index is -1.58. The molecule has 0 fully saturated rings. The Kier molecular flexibility index (Phi) is 4.52. The van der Waals surface area contributed by atoms with Gasteiger partial charge >= 0.3 is 5.97 Å². The van der Waals surface area contributed by atoms with E-state index >= 15 is 0 Å². The smallest absolute Gasteiger partial charge is 0.334 e. The highest BCUT2D eigenvalue weighted by molar-refractivity contribution is 5.82. The Morgan fingerprint density at radius 1 is 1.50 bits per heavy atom. The van der Waals surface area contributed by atoms with Crippen molar-refractivity contribution in [2.75, 3.05) is 13.1 Å². The highest BCUT2D eigenvalue weighted by atomic mass is 16.4.